The Kier molecular flexibility index (Phi) is 3.81. The number of amides is 1. The zero-order chi connectivity index (χ0) is 15.8. The summed E-state index contributed by atoms with van der Waals surface area (Å²) >= 11 is 1.64. The molecular formula is C18H20N2O2S. The Morgan fingerprint density at radius 2 is 2.22 bits per heavy atom. The van der Waals surface area contributed by atoms with Gasteiger partial charge in [0.2, 0.25) is 0 Å². The van der Waals surface area contributed by atoms with Crippen LogP contribution in [-0.4, -0.2) is 28.4 Å². The molecule has 2 aliphatic heterocycles. The number of rotatable bonds is 2. The van der Waals surface area contributed by atoms with E-state index in [2.05, 4.69) is 18.0 Å². The normalized spacial score (nSPS) is 26.7. The highest BCUT2D eigenvalue weighted by Gasteiger charge is 2.41. The molecule has 1 fully saturated rings. The number of fused-ring (bicyclic) bond motifs is 1. The largest absolute Gasteiger partial charge is 0.480 e. The molecule has 2 aromatic rings. The van der Waals surface area contributed by atoms with Gasteiger partial charge < -0.3 is 9.64 Å². The zero-order valence-corrected chi connectivity index (χ0v) is 14.0. The molecule has 1 amide bonds. The number of ether oxygens (including phenoxy) is 1. The fraction of sp³-hybridized carbons (Fsp3) is 0.444. The Labute approximate surface area is 140 Å². The molecule has 0 aliphatic carbocycles. The minimum absolute atomic E-state index is 0.0950. The number of carbonyl (C=O) groups excluding carboxylic acids is 1. The summed E-state index contributed by atoms with van der Waals surface area (Å²) in [5.74, 6) is 1.05. The molecule has 120 valence electrons. The maximum atomic E-state index is 13.2. The predicted molar refractivity (Wildman–Crippen MR) is 89.7 cm³/mol. The van der Waals surface area contributed by atoms with Crippen molar-refractivity contribution < 1.29 is 9.53 Å². The highest BCUT2D eigenvalue weighted by molar-refractivity contribution is 7.09. The van der Waals surface area contributed by atoms with E-state index in [4.69, 9.17) is 4.74 Å². The van der Waals surface area contributed by atoms with Crippen LogP contribution in [0.2, 0.25) is 0 Å². The molecule has 0 bridgehead atoms. The van der Waals surface area contributed by atoms with Crippen molar-refractivity contribution in [3.8, 4) is 5.75 Å². The lowest BCUT2D eigenvalue weighted by molar-refractivity contribution is -0.142. The Balaban J connectivity index is 1.59. The van der Waals surface area contributed by atoms with Crippen LogP contribution in [0.15, 0.2) is 35.8 Å². The van der Waals surface area contributed by atoms with E-state index in [9.17, 15) is 4.79 Å². The second kappa shape index (κ2) is 5.96. The van der Waals surface area contributed by atoms with E-state index in [-0.39, 0.29) is 17.9 Å². The number of hydrogen-bond donors (Lipinski definition) is 0. The summed E-state index contributed by atoms with van der Waals surface area (Å²) in [4.78, 5) is 19.6. The van der Waals surface area contributed by atoms with Crippen molar-refractivity contribution in [2.75, 3.05) is 6.54 Å². The molecule has 5 heteroatoms. The summed E-state index contributed by atoms with van der Waals surface area (Å²) in [6.45, 7) is 2.88. The Bertz CT molecular complexity index is 701. The quantitative estimate of drug-likeness (QED) is 0.843. The molecule has 1 aromatic heterocycles. The molecule has 0 N–H and O–H groups in total. The molecule has 4 nitrogen and oxygen atoms in total. The summed E-state index contributed by atoms with van der Waals surface area (Å²) in [6, 6.07) is 8.08. The van der Waals surface area contributed by atoms with Crippen molar-refractivity contribution in [1.29, 1.82) is 0 Å². The van der Waals surface area contributed by atoms with Gasteiger partial charge in [0.25, 0.3) is 5.91 Å². The SMILES string of the molecule is C[C@@H]1c2ccccc2O[C@H]1C(=O)N1CCCC[C@H]1c1nccs1. The Hall–Kier alpha value is -1.88. The lowest BCUT2D eigenvalue weighted by atomic mass is 9.95. The standard InChI is InChI=1S/C18H20N2O2S/c1-12-13-6-2-3-8-15(13)22-16(12)18(21)20-10-5-4-7-14(20)17-19-9-11-23-17/h2-3,6,8-9,11-12,14,16H,4-5,7,10H2,1H3/t12-,14+,16-/m1/s1. The fourth-order valence-electron chi connectivity index (χ4n) is 3.64. The van der Waals surface area contributed by atoms with E-state index in [1.165, 1.54) is 0 Å². The average molecular weight is 328 g/mol. The zero-order valence-electron chi connectivity index (χ0n) is 13.1. The van der Waals surface area contributed by atoms with E-state index >= 15 is 0 Å². The van der Waals surface area contributed by atoms with Gasteiger partial charge in [-0.05, 0) is 25.3 Å². The molecule has 0 saturated carbocycles. The van der Waals surface area contributed by atoms with Crippen LogP contribution in [0.4, 0.5) is 0 Å². The maximum Gasteiger partial charge on any atom is 0.264 e. The van der Waals surface area contributed by atoms with E-state index in [0.29, 0.717) is 0 Å². The molecule has 2 aliphatic rings. The van der Waals surface area contributed by atoms with Gasteiger partial charge in [-0.1, -0.05) is 25.1 Å². The van der Waals surface area contributed by atoms with Gasteiger partial charge >= 0.3 is 0 Å². The van der Waals surface area contributed by atoms with Crippen LogP contribution in [0.1, 0.15) is 48.7 Å². The van der Waals surface area contributed by atoms with Gasteiger partial charge in [0.1, 0.15) is 10.8 Å². The van der Waals surface area contributed by atoms with Gasteiger partial charge in [0, 0.05) is 29.6 Å². The monoisotopic (exact) mass is 328 g/mol. The summed E-state index contributed by atoms with van der Waals surface area (Å²) in [7, 11) is 0. The third kappa shape index (κ3) is 2.53. The van der Waals surface area contributed by atoms with E-state index in [1.54, 1.807) is 11.3 Å². The Morgan fingerprint density at radius 3 is 3.00 bits per heavy atom. The van der Waals surface area contributed by atoms with E-state index in [0.717, 1.165) is 42.1 Å². The van der Waals surface area contributed by atoms with Gasteiger partial charge in [-0.25, -0.2) is 4.98 Å². The summed E-state index contributed by atoms with van der Waals surface area (Å²) in [6.07, 6.45) is 4.61. The predicted octanol–water partition coefficient (Wildman–Crippen LogP) is 3.76. The minimum atomic E-state index is -0.409. The number of likely N-dealkylation sites (tertiary alicyclic amines) is 1. The molecule has 3 atom stereocenters. The molecule has 3 heterocycles. The van der Waals surface area contributed by atoms with Crippen molar-refractivity contribution in [2.45, 2.75) is 44.2 Å². The van der Waals surface area contributed by atoms with Crippen LogP contribution in [-0.2, 0) is 4.79 Å². The third-order valence-electron chi connectivity index (χ3n) is 4.88. The number of piperidine rings is 1. The molecule has 23 heavy (non-hydrogen) atoms. The molecule has 4 rings (SSSR count). The highest BCUT2D eigenvalue weighted by Crippen LogP contribution is 2.40. The van der Waals surface area contributed by atoms with Crippen molar-refractivity contribution in [2.24, 2.45) is 0 Å². The van der Waals surface area contributed by atoms with Crippen LogP contribution in [0.25, 0.3) is 0 Å². The number of nitrogens with zero attached hydrogens (tertiary/aromatic N) is 2. The number of thiazole rings is 1. The van der Waals surface area contributed by atoms with E-state index < -0.39 is 6.10 Å². The van der Waals surface area contributed by atoms with Gasteiger partial charge in [0.15, 0.2) is 6.10 Å². The second-order valence-electron chi connectivity index (χ2n) is 6.28. The summed E-state index contributed by atoms with van der Waals surface area (Å²) < 4.78 is 5.99. The molecular weight excluding hydrogens is 308 g/mol. The smallest absolute Gasteiger partial charge is 0.264 e. The van der Waals surface area contributed by atoms with Crippen LogP contribution < -0.4 is 4.74 Å². The highest BCUT2D eigenvalue weighted by atomic mass is 32.1. The number of benzene rings is 1. The first-order chi connectivity index (χ1) is 11.3. The minimum Gasteiger partial charge on any atom is -0.480 e. The topological polar surface area (TPSA) is 42.4 Å². The molecule has 0 unspecified atom stereocenters. The molecule has 1 saturated heterocycles. The van der Waals surface area contributed by atoms with Gasteiger partial charge in [-0.3, -0.25) is 4.79 Å². The first kappa shape index (κ1) is 14.7. The average Bonchev–Trinajstić information content (AvgIpc) is 3.23. The van der Waals surface area contributed by atoms with Crippen LogP contribution in [0.3, 0.4) is 0 Å². The van der Waals surface area contributed by atoms with Crippen molar-refractivity contribution >= 4 is 17.2 Å². The number of hydrogen-bond acceptors (Lipinski definition) is 4. The van der Waals surface area contributed by atoms with Crippen LogP contribution in [0, 0.1) is 0 Å². The van der Waals surface area contributed by atoms with Gasteiger partial charge in [-0.15, -0.1) is 11.3 Å². The molecule has 0 spiro atoms. The number of aromatic nitrogens is 1. The first-order valence-electron chi connectivity index (χ1n) is 8.21. The molecule has 0 radical (unpaired) electrons. The summed E-state index contributed by atoms with van der Waals surface area (Å²) in [5, 5.41) is 3.03. The summed E-state index contributed by atoms with van der Waals surface area (Å²) in [5.41, 5.74) is 1.13. The lowest BCUT2D eigenvalue weighted by Gasteiger charge is -2.36. The Morgan fingerprint density at radius 1 is 1.35 bits per heavy atom. The number of carbonyl (C=O) groups is 1. The van der Waals surface area contributed by atoms with Gasteiger partial charge in [0.05, 0.1) is 6.04 Å². The van der Waals surface area contributed by atoms with Crippen molar-refractivity contribution in [3.05, 3.63) is 46.4 Å². The van der Waals surface area contributed by atoms with Crippen LogP contribution in [0.5, 0.6) is 5.75 Å². The van der Waals surface area contributed by atoms with Crippen molar-refractivity contribution in [1.82, 2.24) is 9.88 Å². The van der Waals surface area contributed by atoms with Crippen molar-refractivity contribution in [3.63, 3.8) is 0 Å². The number of para-hydroxylation sites is 1. The molecule has 1 aromatic carbocycles. The van der Waals surface area contributed by atoms with Gasteiger partial charge in [-0.2, -0.15) is 0 Å². The fourth-order valence-corrected chi connectivity index (χ4v) is 4.43. The first-order valence-corrected chi connectivity index (χ1v) is 9.09. The second-order valence-corrected chi connectivity index (χ2v) is 7.20. The van der Waals surface area contributed by atoms with Crippen LogP contribution >= 0.6 is 11.3 Å². The maximum absolute atomic E-state index is 13.2. The third-order valence-corrected chi connectivity index (χ3v) is 5.76. The van der Waals surface area contributed by atoms with E-state index in [1.807, 2.05) is 34.7 Å². The lowest BCUT2D eigenvalue weighted by Crippen LogP contribution is -2.46.